The van der Waals surface area contributed by atoms with Gasteiger partial charge in [0.05, 0.1) is 68.5 Å². The zero-order chi connectivity index (χ0) is 59.8. The summed E-state index contributed by atoms with van der Waals surface area (Å²) in [7, 11) is -16.0. The zero-order valence-electron chi connectivity index (χ0n) is 47.8. The number of pyridine rings is 2. The van der Waals surface area contributed by atoms with Gasteiger partial charge in [-0.05, 0) is 163 Å². The molecule has 7 aromatic rings. The molecule has 0 saturated carbocycles. The average molecular weight is 1260 g/mol. The van der Waals surface area contributed by atoms with Gasteiger partial charge in [-0.2, -0.15) is 17.2 Å². The highest BCUT2D eigenvalue weighted by atomic mass is 35.5. The Kier molecular flexibility index (Phi) is 20.6. The van der Waals surface area contributed by atoms with Crippen LogP contribution in [0.2, 0.25) is 10.0 Å². The molecule has 9 rings (SSSR count). The van der Waals surface area contributed by atoms with Crippen LogP contribution in [0.4, 0.5) is 0 Å². The number of aryl methyl sites for hydroxylation is 4. The number of hydrogen-bond donors (Lipinski definition) is 0. The van der Waals surface area contributed by atoms with Crippen LogP contribution in [0, 0.1) is 27.7 Å². The summed E-state index contributed by atoms with van der Waals surface area (Å²) < 4.78 is 121. The van der Waals surface area contributed by atoms with Crippen LogP contribution in [0.5, 0.6) is 0 Å². The lowest BCUT2D eigenvalue weighted by Gasteiger charge is -2.29. The number of sulfonamides is 4. The van der Waals surface area contributed by atoms with Gasteiger partial charge in [0.25, 0.3) is 0 Å². The maximum Gasteiger partial charge on any atom is 0.243 e. The molecule has 0 aliphatic carbocycles. The molecule has 0 atom stereocenters. The molecule has 5 aromatic carbocycles. The molecule has 16 nitrogen and oxygen atoms in total. The second-order valence-corrected chi connectivity index (χ2v) is 30.6. The summed E-state index contributed by atoms with van der Waals surface area (Å²) in [4.78, 5) is 14.7. The smallest absolute Gasteiger partial charge is 0.243 e. The van der Waals surface area contributed by atoms with E-state index in [2.05, 4.69) is 34.1 Å². The lowest BCUT2D eigenvalue weighted by molar-refractivity contribution is 0.235. The normalized spacial score (nSPS) is 17.3. The number of rotatable bonds is 12. The molecular formula is C62H72Cl2N8O8S4. The van der Waals surface area contributed by atoms with E-state index in [1.807, 2.05) is 27.7 Å². The largest absolute Gasteiger partial charge is 0.299 e. The van der Waals surface area contributed by atoms with Crippen molar-refractivity contribution in [1.29, 1.82) is 0 Å². The summed E-state index contributed by atoms with van der Waals surface area (Å²) in [6, 6.07) is 41.7. The molecule has 0 amide bonds. The first-order valence-corrected chi connectivity index (χ1v) is 34.6. The fourth-order valence-corrected chi connectivity index (χ4v) is 16.8. The topological polar surface area (TPSA) is 182 Å². The zero-order valence-corrected chi connectivity index (χ0v) is 52.6. The first kappa shape index (κ1) is 63.1. The highest BCUT2D eigenvalue weighted by molar-refractivity contribution is 7.90. The number of nitrogens with zero attached hydrogens (tertiary/aromatic N) is 8. The number of benzene rings is 5. The van der Waals surface area contributed by atoms with Crippen molar-refractivity contribution in [2.45, 2.75) is 112 Å². The third-order valence-corrected chi connectivity index (χ3v) is 23.0. The van der Waals surface area contributed by atoms with Gasteiger partial charge in [-0.3, -0.25) is 19.8 Å². The Morgan fingerprint density at radius 2 is 0.548 bits per heavy atom. The molecule has 0 saturated heterocycles. The van der Waals surface area contributed by atoms with Crippen molar-refractivity contribution >= 4 is 63.3 Å². The monoisotopic (exact) mass is 1250 g/mol. The van der Waals surface area contributed by atoms with E-state index in [9.17, 15) is 33.7 Å². The number of hydrogen-bond acceptors (Lipinski definition) is 12. The van der Waals surface area contributed by atoms with Crippen LogP contribution < -0.4 is 0 Å². The van der Waals surface area contributed by atoms with Crippen molar-refractivity contribution in [2.24, 2.45) is 0 Å². The highest BCUT2D eigenvalue weighted by Gasteiger charge is 2.31. The van der Waals surface area contributed by atoms with E-state index >= 15 is 0 Å². The molecule has 0 fully saturated rings. The van der Waals surface area contributed by atoms with E-state index in [1.165, 1.54) is 17.2 Å². The molecule has 2 aliphatic heterocycles. The molecule has 2 aliphatic rings. The van der Waals surface area contributed by atoms with Crippen LogP contribution in [0.1, 0.15) is 81.8 Å². The molecular weight excluding hydrogens is 1180 g/mol. The van der Waals surface area contributed by atoms with Gasteiger partial charge in [0.15, 0.2) is 0 Å². The standard InChI is InChI=1S/C62H72Cl2N8O8S4/c1-47-9-21-59(22-10-47)81(73,74)69-33-5-29-67(30-6-34-70(44-56-38-53(63)37-55(43-69)65-56)82(75,76)60-23-11-48(2)12-24-60)41-51-17-19-52(20-18-51)42-68-31-7-35-71(83(77,78)61-25-13-49(3)14-26-61)45-57-39-54(64)40-58(66-57)46-72(36-8-32-68)84(79,80)62-27-15-50(4)16-28-62/h9-28,37-40H,5-8,29-36,41-46H2,1-4H3. The summed E-state index contributed by atoms with van der Waals surface area (Å²) >= 11 is 13.3. The molecule has 22 heteroatoms. The number of fused-ring (bicyclic) bond motifs is 4. The molecule has 0 spiro atoms. The third kappa shape index (κ3) is 16.1. The molecule has 84 heavy (non-hydrogen) atoms. The van der Waals surface area contributed by atoms with Crippen molar-refractivity contribution in [1.82, 2.24) is 37.0 Å². The Morgan fingerprint density at radius 3 is 0.762 bits per heavy atom. The maximum atomic E-state index is 14.4. The summed E-state index contributed by atoms with van der Waals surface area (Å²) in [5, 5.41) is 0.642. The Morgan fingerprint density at radius 1 is 0.333 bits per heavy atom. The van der Waals surface area contributed by atoms with Crippen molar-refractivity contribution in [2.75, 3.05) is 52.4 Å². The number of aromatic nitrogens is 2. The lowest BCUT2D eigenvalue weighted by Crippen LogP contribution is -2.37. The minimum Gasteiger partial charge on any atom is -0.299 e. The molecule has 4 heterocycles. The van der Waals surface area contributed by atoms with Crippen molar-refractivity contribution in [3.8, 4) is 0 Å². The molecule has 0 unspecified atom stereocenters. The van der Waals surface area contributed by atoms with Crippen LogP contribution in [0.25, 0.3) is 0 Å². The van der Waals surface area contributed by atoms with Gasteiger partial charge in [-0.25, -0.2) is 33.7 Å². The quantitative estimate of drug-likeness (QED) is 0.113. The molecule has 0 radical (unpaired) electrons. The maximum absolute atomic E-state index is 14.4. The molecule has 0 N–H and O–H groups in total. The Labute approximate surface area is 506 Å². The third-order valence-electron chi connectivity index (χ3n) is 15.1. The van der Waals surface area contributed by atoms with Crippen molar-refractivity contribution in [3.63, 3.8) is 0 Å². The Bertz CT molecular complexity index is 3390. The lowest BCUT2D eigenvalue weighted by atomic mass is 10.1. The predicted octanol–water partition coefficient (Wildman–Crippen LogP) is 10.4. The van der Waals surface area contributed by atoms with E-state index in [0.29, 0.717) is 97.8 Å². The molecule has 2 aromatic heterocycles. The van der Waals surface area contributed by atoms with E-state index in [-0.39, 0.29) is 71.9 Å². The fraction of sp³-hybridized carbons (Fsp3) is 0.355. The van der Waals surface area contributed by atoms with Gasteiger partial charge >= 0.3 is 0 Å². The van der Waals surface area contributed by atoms with E-state index in [0.717, 1.165) is 33.4 Å². The summed E-state index contributed by atoms with van der Waals surface area (Å²) in [5.41, 5.74) is 7.27. The summed E-state index contributed by atoms with van der Waals surface area (Å²) in [6.07, 6.45) is 1.84. The second kappa shape index (κ2) is 27.5. The van der Waals surface area contributed by atoms with Crippen LogP contribution in [0.15, 0.2) is 165 Å². The van der Waals surface area contributed by atoms with Crippen LogP contribution in [0.3, 0.4) is 0 Å². The van der Waals surface area contributed by atoms with Gasteiger partial charge < -0.3 is 0 Å². The van der Waals surface area contributed by atoms with Crippen molar-refractivity contribution in [3.05, 3.63) is 212 Å². The molecule has 4 bridgehead atoms. The summed E-state index contributed by atoms with van der Waals surface area (Å²) in [6.45, 7) is 11.0. The van der Waals surface area contributed by atoms with E-state index in [4.69, 9.17) is 33.2 Å². The Balaban J connectivity index is 0.970. The highest BCUT2D eigenvalue weighted by Crippen LogP contribution is 2.28. The van der Waals surface area contributed by atoms with Gasteiger partial charge in [-0.15, -0.1) is 0 Å². The van der Waals surface area contributed by atoms with Crippen LogP contribution >= 0.6 is 23.2 Å². The van der Waals surface area contributed by atoms with Crippen molar-refractivity contribution < 1.29 is 33.7 Å². The first-order chi connectivity index (χ1) is 40.0. The van der Waals surface area contributed by atoms with Crippen LogP contribution in [-0.2, 0) is 79.4 Å². The van der Waals surface area contributed by atoms with Gasteiger partial charge in [-0.1, -0.05) is 118 Å². The average Bonchev–Trinajstić information content (AvgIpc) is 2.56. The van der Waals surface area contributed by atoms with Gasteiger partial charge in [0, 0.05) is 49.3 Å². The second-order valence-electron chi connectivity index (χ2n) is 21.9. The van der Waals surface area contributed by atoms with E-state index in [1.54, 1.807) is 121 Å². The van der Waals surface area contributed by atoms with E-state index < -0.39 is 40.1 Å². The fourth-order valence-electron chi connectivity index (χ4n) is 10.5. The SMILES string of the molecule is Cc1ccc(S(=O)(=O)N2CCCN(Cc3ccc(CN4CCCN(S(=O)(=O)c5ccc(C)cc5)Cc5cc(Cl)cc(n5)CN(S(=O)(=O)c5ccc(C)cc5)CCC4)cc3)CCCN(S(=O)(=O)c3ccc(C)cc3)Cc3cc(Cl)cc(n3)C2)cc1. The Hall–Kier alpha value is -5.46. The first-order valence-electron chi connectivity index (χ1n) is 28.1. The minimum absolute atomic E-state index is 0.0799. The minimum atomic E-state index is -4.01. The summed E-state index contributed by atoms with van der Waals surface area (Å²) in [5.74, 6) is 0. The van der Waals surface area contributed by atoms with Gasteiger partial charge in [0.1, 0.15) is 0 Å². The predicted molar refractivity (Wildman–Crippen MR) is 329 cm³/mol. The number of halogens is 2. The molecule has 446 valence electrons. The van der Waals surface area contributed by atoms with Gasteiger partial charge in [0.2, 0.25) is 40.1 Å². The van der Waals surface area contributed by atoms with Crippen LogP contribution in [-0.4, -0.2) is 123 Å².